The van der Waals surface area contributed by atoms with Gasteiger partial charge in [0, 0.05) is 110 Å². The van der Waals surface area contributed by atoms with Crippen LogP contribution in [0.25, 0.3) is 67.3 Å². The summed E-state index contributed by atoms with van der Waals surface area (Å²) in [6, 6.07) is 46.8. The largest absolute Gasteiger partial charge is 0.388 e. The second kappa shape index (κ2) is 15.8. The molecular formula is C46H46N8. The van der Waals surface area contributed by atoms with E-state index in [9.17, 15) is 0 Å². The molecule has 0 spiro atoms. The molecule has 1 aromatic heterocycles. The van der Waals surface area contributed by atoms with Crippen LogP contribution in [0.15, 0.2) is 133 Å². The number of rotatable bonds is 12. The SMILES string of the molecule is CNc1ccc(NC)c(-c2cccc(-c3cc(-c4cccc(-c5cc(NC)ccc5NC)c4)nc(-c4cccc(-c5cc(NC)ccc5NC)c4)n3)c2)c1. The zero-order valence-electron chi connectivity index (χ0n) is 31.6. The molecule has 0 aliphatic carbocycles. The maximum Gasteiger partial charge on any atom is 0.160 e. The van der Waals surface area contributed by atoms with Gasteiger partial charge in [0.1, 0.15) is 0 Å². The molecule has 1 heterocycles. The lowest BCUT2D eigenvalue weighted by Crippen LogP contribution is -1.98. The minimum Gasteiger partial charge on any atom is -0.388 e. The number of nitrogens with zero attached hydrogens (tertiary/aromatic N) is 2. The number of anilines is 6. The van der Waals surface area contributed by atoms with Crippen molar-refractivity contribution in [2.75, 3.05) is 74.2 Å². The third-order valence-electron chi connectivity index (χ3n) is 9.83. The summed E-state index contributed by atoms with van der Waals surface area (Å²) in [5.74, 6) is 0.650. The van der Waals surface area contributed by atoms with E-state index in [-0.39, 0.29) is 0 Å². The summed E-state index contributed by atoms with van der Waals surface area (Å²) in [4.78, 5) is 10.5. The van der Waals surface area contributed by atoms with Gasteiger partial charge in [0.15, 0.2) is 5.82 Å². The molecular weight excluding hydrogens is 665 g/mol. The number of aromatic nitrogens is 2. The van der Waals surface area contributed by atoms with Crippen molar-refractivity contribution in [2.24, 2.45) is 0 Å². The van der Waals surface area contributed by atoms with E-state index in [4.69, 9.17) is 9.97 Å². The topological polar surface area (TPSA) is 98.0 Å². The van der Waals surface area contributed by atoms with E-state index in [0.29, 0.717) is 5.82 Å². The molecule has 6 aromatic carbocycles. The first-order valence-electron chi connectivity index (χ1n) is 18.1. The van der Waals surface area contributed by atoms with Gasteiger partial charge in [0.2, 0.25) is 0 Å². The number of benzene rings is 6. The highest BCUT2D eigenvalue weighted by Crippen LogP contribution is 2.38. The van der Waals surface area contributed by atoms with E-state index in [1.807, 2.05) is 42.3 Å². The predicted octanol–water partition coefficient (Wildman–Crippen LogP) is 10.7. The van der Waals surface area contributed by atoms with Crippen molar-refractivity contribution in [3.05, 3.63) is 133 Å². The molecule has 8 nitrogen and oxygen atoms in total. The van der Waals surface area contributed by atoms with Gasteiger partial charge in [0.05, 0.1) is 11.4 Å². The van der Waals surface area contributed by atoms with E-state index in [1.165, 1.54) is 0 Å². The van der Waals surface area contributed by atoms with Crippen molar-refractivity contribution < 1.29 is 0 Å². The molecule has 0 fully saturated rings. The van der Waals surface area contributed by atoms with Crippen LogP contribution in [0.4, 0.5) is 34.1 Å². The Morgan fingerprint density at radius 3 is 1.00 bits per heavy atom. The van der Waals surface area contributed by atoms with Gasteiger partial charge in [-0.3, -0.25) is 0 Å². The molecule has 0 bridgehead atoms. The summed E-state index contributed by atoms with van der Waals surface area (Å²) in [6.07, 6.45) is 0. The Labute approximate surface area is 318 Å². The highest BCUT2D eigenvalue weighted by atomic mass is 14.9. The molecule has 54 heavy (non-hydrogen) atoms. The highest BCUT2D eigenvalue weighted by Gasteiger charge is 2.16. The van der Waals surface area contributed by atoms with Crippen LogP contribution in [0.3, 0.4) is 0 Å². The molecule has 0 aliphatic rings. The van der Waals surface area contributed by atoms with Gasteiger partial charge in [-0.25, -0.2) is 9.97 Å². The Morgan fingerprint density at radius 1 is 0.315 bits per heavy atom. The summed E-state index contributed by atoms with van der Waals surface area (Å²) in [6.45, 7) is 0. The van der Waals surface area contributed by atoms with Crippen molar-refractivity contribution in [3.8, 4) is 67.3 Å². The Hall–Kier alpha value is -6.80. The van der Waals surface area contributed by atoms with Crippen LogP contribution in [0, 0.1) is 0 Å². The lowest BCUT2D eigenvalue weighted by molar-refractivity contribution is 1.18. The fourth-order valence-corrected chi connectivity index (χ4v) is 6.86. The molecule has 0 amide bonds. The summed E-state index contributed by atoms with van der Waals surface area (Å²) in [7, 11) is 11.7. The summed E-state index contributed by atoms with van der Waals surface area (Å²) in [5.41, 5.74) is 17.4. The maximum atomic E-state index is 5.27. The van der Waals surface area contributed by atoms with Crippen LogP contribution in [-0.2, 0) is 0 Å². The normalized spacial score (nSPS) is 10.8. The molecule has 6 N–H and O–H groups in total. The number of hydrogen-bond donors (Lipinski definition) is 6. The Balaban J connectivity index is 1.41. The maximum absolute atomic E-state index is 5.27. The van der Waals surface area contributed by atoms with E-state index < -0.39 is 0 Å². The van der Waals surface area contributed by atoms with E-state index in [2.05, 4.69) is 165 Å². The molecule has 0 saturated heterocycles. The Bertz CT molecular complexity index is 2160. The predicted molar refractivity (Wildman–Crippen MR) is 232 cm³/mol. The van der Waals surface area contributed by atoms with Gasteiger partial charge in [-0.15, -0.1) is 0 Å². The van der Waals surface area contributed by atoms with E-state index in [0.717, 1.165) is 95.6 Å². The van der Waals surface area contributed by atoms with Crippen LogP contribution < -0.4 is 31.9 Å². The zero-order chi connectivity index (χ0) is 37.6. The van der Waals surface area contributed by atoms with Crippen LogP contribution in [0.2, 0.25) is 0 Å². The van der Waals surface area contributed by atoms with Crippen LogP contribution in [0.1, 0.15) is 0 Å². The first-order valence-corrected chi connectivity index (χ1v) is 18.1. The third kappa shape index (κ3) is 7.27. The van der Waals surface area contributed by atoms with Gasteiger partial charge in [-0.1, -0.05) is 54.6 Å². The Morgan fingerprint density at radius 2 is 0.648 bits per heavy atom. The minimum atomic E-state index is 0.650. The summed E-state index contributed by atoms with van der Waals surface area (Å²) in [5, 5.41) is 19.9. The lowest BCUT2D eigenvalue weighted by Gasteiger charge is -2.15. The standard InChI is InChI=1S/C46H46N8/c1-47-35-16-19-41(50-4)38(25-35)29-10-7-13-32(22-29)44-28-45(33-14-8-11-30(23-33)39-26-36(48-2)17-20-42(39)51-5)54-46(53-44)34-15-9-12-31(24-34)40-27-37(49-3)18-21-43(40)52-6/h7-28,47-52H,1-6H3. The minimum absolute atomic E-state index is 0.650. The van der Waals surface area contributed by atoms with Crippen LogP contribution in [0.5, 0.6) is 0 Å². The highest BCUT2D eigenvalue weighted by molar-refractivity contribution is 5.87. The van der Waals surface area contributed by atoms with E-state index >= 15 is 0 Å². The smallest absolute Gasteiger partial charge is 0.160 e. The van der Waals surface area contributed by atoms with Crippen LogP contribution in [-0.4, -0.2) is 52.3 Å². The van der Waals surface area contributed by atoms with Crippen molar-refractivity contribution in [2.45, 2.75) is 0 Å². The van der Waals surface area contributed by atoms with Gasteiger partial charge in [-0.2, -0.15) is 0 Å². The van der Waals surface area contributed by atoms with Crippen molar-refractivity contribution in [3.63, 3.8) is 0 Å². The molecule has 0 aliphatic heterocycles. The zero-order valence-corrected chi connectivity index (χ0v) is 31.6. The molecule has 7 rings (SSSR count). The first kappa shape index (κ1) is 35.6. The molecule has 0 atom stereocenters. The first-order chi connectivity index (χ1) is 26.4. The average Bonchev–Trinajstić information content (AvgIpc) is 3.25. The Kier molecular flexibility index (Phi) is 10.4. The summed E-state index contributed by atoms with van der Waals surface area (Å²) >= 11 is 0. The second-order valence-electron chi connectivity index (χ2n) is 13.0. The molecule has 0 radical (unpaired) electrons. The van der Waals surface area contributed by atoms with Gasteiger partial charge in [-0.05, 0) is 95.6 Å². The lowest BCUT2D eigenvalue weighted by atomic mass is 9.97. The van der Waals surface area contributed by atoms with Gasteiger partial charge < -0.3 is 31.9 Å². The monoisotopic (exact) mass is 710 g/mol. The molecule has 270 valence electrons. The average molecular weight is 711 g/mol. The van der Waals surface area contributed by atoms with Gasteiger partial charge >= 0.3 is 0 Å². The van der Waals surface area contributed by atoms with Crippen molar-refractivity contribution >= 4 is 34.1 Å². The second-order valence-corrected chi connectivity index (χ2v) is 13.0. The van der Waals surface area contributed by atoms with Crippen molar-refractivity contribution in [1.29, 1.82) is 0 Å². The molecule has 8 heteroatoms. The number of nitrogens with one attached hydrogen (secondary N) is 6. The fourth-order valence-electron chi connectivity index (χ4n) is 6.86. The van der Waals surface area contributed by atoms with E-state index in [1.54, 1.807) is 0 Å². The quantitative estimate of drug-likeness (QED) is 0.0746. The molecule has 0 unspecified atom stereocenters. The van der Waals surface area contributed by atoms with Crippen molar-refractivity contribution in [1.82, 2.24) is 9.97 Å². The van der Waals surface area contributed by atoms with Gasteiger partial charge in [0.25, 0.3) is 0 Å². The molecule has 0 saturated carbocycles. The number of hydrogen-bond acceptors (Lipinski definition) is 8. The van der Waals surface area contributed by atoms with Crippen LogP contribution >= 0.6 is 0 Å². The third-order valence-corrected chi connectivity index (χ3v) is 9.83. The molecule has 7 aromatic rings. The fraction of sp³-hybridized carbons (Fsp3) is 0.130. The summed E-state index contributed by atoms with van der Waals surface area (Å²) < 4.78 is 0.